The molecular formula is C12H13ClFNO2. The Hall–Kier alpha value is -1.13. The molecule has 0 heterocycles. The van der Waals surface area contributed by atoms with Crippen LogP contribution in [0.2, 0.25) is 5.02 Å². The normalized spacial score (nSPS) is 23.0. The summed E-state index contributed by atoms with van der Waals surface area (Å²) in [6.45, 7) is 0.460. The number of benzene rings is 1. The van der Waals surface area contributed by atoms with Gasteiger partial charge in [-0.05, 0) is 30.9 Å². The SMILES string of the molecule is O=C(NCC1CC(O)C1)c1cccc(Cl)c1F. The maximum atomic E-state index is 13.5. The number of hydrogen-bond acceptors (Lipinski definition) is 2. The molecule has 92 valence electrons. The average molecular weight is 258 g/mol. The van der Waals surface area contributed by atoms with Crippen LogP contribution in [-0.4, -0.2) is 23.7 Å². The summed E-state index contributed by atoms with van der Waals surface area (Å²) in [5.41, 5.74) is -0.0441. The van der Waals surface area contributed by atoms with E-state index in [4.69, 9.17) is 16.7 Å². The fourth-order valence-electron chi connectivity index (χ4n) is 1.88. The van der Waals surface area contributed by atoms with Crippen molar-refractivity contribution in [3.63, 3.8) is 0 Å². The Balaban J connectivity index is 1.93. The minimum Gasteiger partial charge on any atom is -0.393 e. The van der Waals surface area contributed by atoms with Gasteiger partial charge in [0.25, 0.3) is 5.91 Å². The number of carbonyl (C=O) groups is 1. The van der Waals surface area contributed by atoms with Crippen molar-refractivity contribution in [1.82, 2.24) is 5.32 Å². The molecule has 1 aromatic rings. The molecule has 2 N–H and O–H groups in total. The second-order valence-corrected chi connectivity index (χ2v) is 4.71. The summed E-state index contributed by atoms with van der Waals surface area (Å²) < 4.78 is 13.5. The van der Waals surface area contributed by atoms with Gasteiger partial charge in [-0.25, -0.2) is 4.39 Å². The van der Waals surface area contributed by atoms with Gasteiger partial charge in [0.15, 0.2) is 5.82 Å². The van der Waals surface area contributed by atoms with Gasteiger partial charge in [-0.2, -0.15) is 0 Å². The van der Waals surface area contributed by atoms with Crippen molar-refractivity contribution >= 4 is 17.5 Å². The number of aliphatic hydroxyl groups is 1. The molecule has 0 atom stereocenters. The Morgan fingerprint density at radius 1 is 1.53 bits per heavy atom. The molecule has 1 amide bonds. The molecular weight excluding hydrogens is 245 g/mol. The standard InChI is InChI=1S/C12H13ClFNO2/c13-10-3-1-2-9(11(10)14)12(17)15-6-7-4-8(16)5-7/h1-3,7-8,16H,4-6H2,(H,15,17). The second-order valence-electron chi connectivity index (χ2n) is 4.30. The highest BCUT2D eigenvalue weighted by Gasteiger charge is 2.27. The summed E-state index contributed by atoms with van der Waals surface area (Å²) >= 11 is 5.59. The van der Waals surface area contributed by atoms with Gasteiger partial charge in [0.05, 0.1) is 16.7 Å². The van der Waals surface area contributed by atoms with Crippen LogP contribution in [0.1, 0.15) is 23.2 Å². The van der Waals surface area contributed by atoms with Gasteiger partial charge in [-0.1, -0.05) is 17.7 Å². The minimum atomic E-state index is -0.694. The van der Waals surface area contributed by atoms with E-state index < -0.39 is 11.7 Å². The van der Waals surface area contributed by atoms with Crippen LogP contribution >= 0.6 is 11.6 Å². The topological polar surface area (TPSA) is 49.3 Å². The van der Waals surface area contributed by atoms with Gasteiger partial charge >= 0.3 is 0 Å². The fourth-order valence-corrected chi connectivity index (χ4v) is 2.05. The molecule has 1 aliphatic rings. The van der Waals surface area contributed by atoms with Crippen molar-refractivity contribution in [3.8, 4) is 0 Å². The van der Waals surface area contributed by atoms with Crippen molar-refractivity contribution in [2.24, 2.45) is 5.92 Å². The van der Waals surface area contributed by atoms with E-state index in [1.807, 2.05) is 0 Å². The van der Waals surface area contributed by atoms with Gasteiger partial charge in [-0.3, -0.25) is 4.79 Å². The summed E-state index contributed by atoms with van der Waals surface area (Å²) in [5, 5.41) is 11.7. The van der Waals surface area contributed by atoms with Crippen LogP contribution in [0.5, 0.6) is 0 Å². The molecule has 0 radical (unpaired) electrons. The molecule has 1 aromatic carbocycles. The molecule has 1 aliphatic carbocycles. The summed E-state index contributed by atoms with van der Waals surface area (Å²) in [5.74, 6) is -0.872. The maximum Gasteiger partial charge on any atom is 0.254 e. The van der Waals surface area contributed by atoms with Crippen LogP contribution < -0.4 is 5.32 Å². The lowest BCUT2D eigenvalue weighted by Crippen LogP contribution is -2.38. The van der Waals surface area contributed by atoms with E-state index in [1.54, 1.807) is 0 Å². The predicted molar refractivity (Wildman–Crippen MR) is 62.5 cm³/mol. The van der Waals surface area contributed by atoms with Crippen LogP contribution in [0.4, 0.5) is 4.39 Å². The number of nitrogens with one attached hydrogen (secondary N) is 1. The molecule has 0 unspecified atom stereocenters. The smallest absolute Gasteiger partial charge is 0.254 e. The third-order valence-corrected chi connectivity index (χ3v) is 3.25. The molecule has 0 saturated heterocycles. The zero-order valence-electron chi connectivity index (χ0n) is 9.12. The molecule has 3 nitrogen and oxygen atoms in total. The summed E-state index contributed by atoms with van der Waals surface area (Å²) in [6, 6.07) is 4.33. The Bertz CT molecular complexity index is 433. The first kappa shape index (κ1) is 12.3. The van der Waals surface area contributed by atoms with E-state index in [9.17, 15) is 9.18 Å². The molecule has 1 fully saturated rings. The average Bonchev–Trinajstić information content (AvgIpc) is 2.26. The van der Waals surface area contributed by atoms with Crippen LogP contribution in [-0.2, 0) is 0 Å². The summed E-state index contributed by atoms with van der Waals surface area (Å²) in [7, 11) is 0. The zero-order valence-corrected chi connectivity index (χ0v) is 9.88. The van der Waals surface area contributed by atoms with E-state index in [0.29, 0.717) is 19.4 Å². The van der Waals surface area contributed by atoms with Gasteiger partial charge in [0, 0.05) is 6.54 Å². The quantitative estimate of drug-likeness (QED) is 0.870. The first-order chi connectivity index (χ1) is 8.08. The highest BCUT2D eigenvalue weighted by atomic mass is 35.5. The Labute approximate surface area is 104 Å². The lowest BCUT2D eigenvalue weighted by atomic mass is 9.82. The first-order valence-electron chi connectivity index (χ1n) is 5.48. The number of aliphatic hydroxyl groups excluding tert-OH is 1. The van der Waals surface area contributed by atoms with E-state index in [2.05, 4.69) is 5.32 Å². The van der Waals surface area contributed by atoms with Crippen LogP contribution in [0.3, 0.4) is 0 Å². The summed E-state index contributed by atoms with van der Waals surface area (Å²) in [6.07, 6.45) is 1.14. The zero-order chi connectivity index (χ0) is 12.4. The third kappa shape index (κ3) is 2.76. The Morgan fingerprint density at radius 2 is 2.24 bits per heavy atom. The van der Waals surface area contributed by atoms with E-state index in [0.717, 1.165) is 0 Å². The molecule has 17 heavy (non-hydrogen) atoms. The van der Waals surface area contributed by atoms with E-state index in [1.165, 1.54) is 18.2 Å². The Kier molecular flexibility index (Phi) is 3.64. The molecule has 1 saturated carbocycles. The largest absolute Gasteiger partial charge is 0.393 e. The van der Waals surface area contributed by atoms with E-state index in [-0.39, 0.29) is 22.6 Å². The maximum absolute atomic E-state index is 13.5. The van der Waals surface area contributed by atoms with Crippen LogP contribution in [0.25, 0.3) is 0 Å². The predicted octanol–water partition coefficient (Wildman–Crippen LogP) is 1.98. The molecule has 5 heteroatoms. The lowest BCUT2D eigenvalue weighted by molar-refractivity contribution is 0.0420. The van der Waals surface area contributed by atoms with Gasteiger partial charge in [0.1, 0.15) is 0 Å². The minimum absolute atomic E-state index is 0.0441. The number of carbonyl (C=O) groups excluding carboxylic acids is 1. The van der Waals surface area contributed by atoms with Crippen LogP contribution in [0, 0.1) is 11.7 Å². The summed E-state index contributed by atoms with van der Waals surface area (Å²) in [4.78, 5) is 11.7. The van der Waals surface area contributed by atoms with Gasteiger partial charge < -0.3 is 10.4 Å². The monoisotopic (exact) mass is 257 g/mol. The highest BCUT2D eigenvalue weighted by molar-refractivity contribution is 6.31. The van der Waals surface area contributed by atoms with E-state index >= 15 is 0 Å². The number of amides is 1. The number of rotatable bonds is 3. The fraction of sp³-hybridized carbons (Fsp3) is 0.417. The highest BCUT2D eigenvalue weighted by Crippen LogP contribution is 2.26. The molecule has 0 aliphatic heterocycles. The first-order valence-corrected chi connectivity index (χ1v) is 5.86. The molecule has 0 aromatic heterocycles. The van der Waals surface area contributed by atoms with Crippen molar-refractivity contribution in [1.29, 1.82) is 0 Å². The molecule has 2 rings (SSSR count). The Morgan fingerprint density at radius 3 is 2.88 bits per heavy atom. The van der Waals surface area contributed by atoms with Crippen molar-refractivity contribution in [3.05, 3.63) is 34.6 Å². The second kappa shape index (κ2) is 5.02. The molecule has 0 bridgehead atoms. The van der Waals surface area contributed by atoms with Gasteiger partial charge in [0.2, 0.25) is 0 Å². The van der Waals surface area contributed by atoms with Crippen molar-refractivity contribution in [2.45, 2.75) is 18.9 Å². The lowest BCUT2D eigenvalue weighted by Gasteiger charge is -2.31. The van der Waals surface area contributed by atoms with Crippen molar-refractivity contribution < 1.29 is 14.3 Å². The number of halogens is 2. The number of hydrogen-bond donors (Lipinski definition) is 2. The van der Waals surface area contributed by atoms with Crippen LogP contribution in [0.15, 0.2) is 18.2 Å². The third-order valence-electron chi connectivity index (χ3n) is 2.96. The molecule has 0 spiro atoms. The van der Waals surface area contributed by atoms with Crippen molar-refractivity contribution in [2.75, 3.05) is 6.54 Å². The van der Waals surface area contributed by atoms with Gasteiger partial charge in [-0.15, -0.1) is 0 Å².